The molecule has 2 aromatic rings. The van der Waals surface area contributed by atoms with Gasteiger partial charge >= 0.3 is 12.1 Å². The Labute approximate surface area is 195 Å². The summed E-state index contributed by atoms with van der Waals surface area (Å²) in [4.78, 5) is 38.1. The monoisotopic (exact) mass is 455 g/mol. The molecule has 2 N–H and O–H groups in total. The molecular formula is C26H33NO6. The molecule has 2 atom stereocenters. The zero-order chi connectivity index (χ0) is 24.6. The summed E-state index contributed by atoms with van der Waals surface area (Å²) >= 11 is 0. The number of carbonyl (C=O) groups is 3. The first kappa shape index (κ1) is 25.9. The van der Waals surface area contributed by atoms with Crippen molar-refractivity contribution >= 4 is 17.8 Å². The van der Waals surface area contributed by atoms with Crippen LogP contribution in [0.2, 0.25) is 0 Å². The number of hydrogen-bond acceptors (Lipinski definition) is 6. The first-order valence-electron chi connectivity index (χ1n) is 10.9. The number of phenolic OH excluding ortho intramolecular Hbond substituents is 1. The van der Waals surface area contributed by atoms with Gasteiger partial charge in [-0.05, 0) is 63.8 Å². The highest BCUT2D eigenvalue weighted by Crippen LogP contribution is 2.19. The molecule has 1 amide bonds. The van der Waals surface area contributed by atoms with Crippen molar-refractivity contribution in [2.75, 3.05) is 7.11 Å². The molecule has 7 heteroatoms. The van der Waals surface area contributed by atoms with E-state index in [2.05, 4.69) is 5.32 Å². The van der Waals surface area contributed by atoms with Crippen LogP contribution in [0.1, 0.15) is 43.9 Å². The van der Waals surface area contributed by atoms with Gasteiger partial charge in [-0.15, -0.1) is 0 Å². The molecule has 0 aliphatic carbocycles. The number of hydrogen-bond donors (Lipinski definition) is 2. The summed E-state index contributed by atoms with van der Waals surface area (Å²) in [5, 5.41) is 12.2. The van der Waals surface area contributed by atoms with Crippen LogP contribution >= 0.6 is 0 Å². The number of amides is 1. The lowest BCUT2D eigenvalue weighted by molar-refractivity contribution is -0.147. The van der Waals surface area contributed by atoms with Gasteiger partial charge in [-0.1, -0.05) is 42.0 Å². The largest absolute Gasteiger partial charge is 0.508 e. The lowest BCUT2D eigenvalue weighted by atomic mass is 9.90. The fourth-order valence-corrected chi connectivity index (χ4v) is 3.36. The maximum Gasteiger partial charge on any atom is 0.408 e. The molecule has 0 saturated carbocycles. The van der Waals surface area contributed by atoms with E-state index in [0.717, 1.165) is 16.7 Å². The number of ketones is 1. The van der Waals surface area contributed by atoms with Crippen LogP contribution in [0.15, 0.2) is 48.5 Å². The SMILES string of the molecule is COC(=O)[C@@H](CC(=O)[C@H](Cc1ccc(C)cc1)NC(=O)OC(C)(C)C)Cc1ccc(O)cc1. The molecule has 178 valence electrons. The molecule has 0 aliphatic heterocycles. The van der Waals surface area contributed by atoms with Crippen LogP contribution in [0.3, 0.4) is 0 Å². The summed E-state index contributed by atoms with van der Waals surface area (Å²) in [6.45, 7) is 7.20. The number of methoxy groups -OCH3 is 1. The highest BCUT2D eigenvalue weighted by molar-refractivity contribution is 5.90. The average Bonchev–Trinajstić information content (AvgIpc) is 2.73. The van der Waals surface area contributed by atoms with Crippen molar-refractivity contribution < 1.29 is 29.0 Å². The standard InChI is InChI=1S/C26H33NO6/c1-17-6-8-19(9-7-17)15-22(27-25(31)33-26(2,3)4)23(29)16-20(24(30)32-5)14-18-10-12-21(28)13-11-18/h6-13,20,22,28H,14-16H2,1-5H3,(H,27,31)/t20-,22+/m1/s1. The van der Waals surface area contributed by atoms with E-state index in [-0.39, 0.29) is 30.8 Å². The zero-order valence-corrected chi connectivity index (χ0v) is 19.9. The molecule has 0 radical (unpaired) electrons. The van der Waals surface area contributed by atoms with Gasteiger partial charge in [0.2, 0.25) is 0 Å². The molecule has 0 heterocycles. The average molecular weight is 456 g/mol. The number of rotatable bonds is 9. The van der Waals surface area contributed by atoms with Crippen LogP contribution < -0.4 is 5.32 Å². The quantitative estimate of drug-likeness (QED) is 0.552. The van der Waals surface area contributed by atoms with Crippen LogP contribution in [0.25, 0.3) is 0 Å². The molecule has 2 aromatic carbocycles. The Bertz CT molecular complexity index is 944. The molecular weight excluding hydrogens is 422 g/mol. The fourth-order valence-electron chi connectivity index (χ4n) is 3.36. The second kappa shape index (κ2) is 11.5. The number of Topliss-reactive ketones (excluding diaryl/α,β-unsaturated/α-hetero) is 1. The minimum absolute atomic E-state index is 0.111. The lowest BCUT2D eigenvalue weighted by Crippen LogP contribution is -2.45. The van der Waals surface area contributed by atoms with Gasteiger partial charge in [0.05, 0.1) is 19.1 Å². The number of esters is 1. The molecule has 0 unspecified atom stereocenters. The molecule has 0 aliphatic rings. The third-order valence-corrected chi connectivity index (χ3v) is 5.04. The molecule has 33 heavy (non-hydrogen) atoms. The highest BCUT2D eigenvalue weighted by Gasteiger charge is 2.30. The van der Waals surface area contributed by atoms with E-state index in [1.54, 1.807) is 32.9 Å². The summed E-state index contributed by atoms with van der Waals surface area (Å²) in [6.07, 6.45) is -0.269. The number of carbonyl (C=O) groups excluding carboxylic acids is 3. The van der Waals surface area contributed by atoms with E-state index in [9.17, 15) is 19.5 Å². The number of phenols is 1. The van der Waals surface area contributed by atoms with Gasteiger partial charge < -0.3 is 19.9 Å². The van der Waals surface area contributed by atoms with E-state index in [1.165, 1.54) is 19.2 Å². The number of aryl methyl sites for hydroxylation is 1. The van der Waals surface area contributed by atoms with E-state index >= 15 is 0 Å². The normalized spacial score (nSPS) is 13.0. The molecule has 2 rings (SSSR count). The van der Waals surface area contributed by atoms with Gasteiger partial charge in [0.1, 0.15) is 11.4 Å². The number of alkyl carbamates (subject to hydrolysis) is 1. The summed E-state index contributed by atoms with van der Waals surface area (Å²) in [5.41, 5.74) is 2.03. The predicted octanol–water partition coefficient (Wildman–Crippen LogP) is 4.13. The Morgan fingerprint density at radius 2 is 1.48 bits per heavy atom. The summed E-state index contributed by atoms with van der Waals surface area (Å²) in [7, 11) is 1.28. The molecule has 0 fully saturated rings. The van der Waals surface area contributed by atoms with Crippen LogP contribution in [0, 0.1) is 12.8 Å². The smallest absolute Gasteiger partial charge is 0.408 e. The second-order valence-electron chi connectivity index (χ2n) is 9.15. The van der Waals surface area contributed by atoms with Crippen molar-refractivity contribution in [2.24, 2.45) is 5.92 Å². The molecule has 0 aromatic heterocycles. The minimum Gasteiger partial charge on any atom is -0.508 e. The lowest BCUT2D eigenvalue weighted by Gasteiger charge is -2.24. The van der Waals surface area contributed by atoms with Crippen molar-refractivity contribution in [1.82, 2.24) is 5.32 Å². The van der Waals surface area contributed by atoms with Gasteiger partial charge in [0.25, 0.3) is 0 Å². The van der Waals surface area contributed by atoms with E-state index < -0.39 is 29.6 Å². The molecule has 0 spiro atoms. The maximum absolute atomic E-state index is 13.3. The summed E-state index contributed by atoms with van der Waals surface area (Å²) in [6, 6.07) is 13.2. The summed E-state index contributed by atoms with van der Waals surface area (Å²) < 4.78 is 10.3. The fraction of sp³-hybridized carbons (Fsp3) is 0.423. The predicted molar refractivity (Wildman–Crippen MR) is 125 cm³/mol. The van der Waals surface area contributed by atoms with Crippen molar-refractivity contribution in [1.29, 1.82) is 0 Å². The van der Waals surface area contributed by atoms with Crippen LogP contribution in [-0.4, -0.2) is 41.7 Å². The van der Waals surface area contributed by atoms with Crippen molar-refractivity contribution in [3.63, 3.8) is 0 Å². The van der Waals surface area contributed by atoms with Gasteiger partial charge in [-0.3, -0.25) is 9.59 Å². The Hall–Kier alpha value is -3.35. The third kappa shape index (κ3) is 8.96. The minimum atomic E-state index is -0.866. The first-order chi connectivity index (χ1) is 15.5. The number of nitrogens with one attached hydrogen (secondary N) is 1. The molecule has 0 saturated heterocycles. The van der Waals surface area contributed by atoms with Crippen molar-refractivity contribution in [3.8, 4) is 5.75 Å². The van der Waals surface area contributed by atoms with Gasteiger partial charge in [0, 0.05) is 6.42 Å². The number of benzene rings is 2. The molecule has 0 bridgehead atoms. The van der Waals surface area contributed by atoms with Crippen molar-refractivity contribution in [3.05, 3.63) is 65.2 Å². The first-order valence-corrected chi connectivity index (χ1v) is 10.9. The summed E-state index contributed by atoms with van der Waals surface area (Å²) in [5.74, 6) is -1.42. The van der Waals surface area contributed by atoms with E-state index in [0.29, 0.717) is 0 Å². The van der Waals surface area contributed by atoms with Gasteiger partial charge in [-0.25, -0.2) is 4.79 Å². The van der Waals surface area contributed by atoms with Crippen LogP contribution in [-0.2, 0) is 31.9 Å². The molecule has 7 nitrogen and oxygen atoms in total. The van der Waals surface area contributed by atoms with Crippen molar-refractivity contribution in [2.45, 2.75) is 58.6 Å². The number of ether oxygens (including phenoxy) is 2. The number of aromatic hydroxyl groups is 1. The highest BCUT2D eigenvalue weighted by atomic mass is 16.6. The van der Waals surface area contributed by atoms with Gasteiger partial charge in [-0.2, -0.15) is 0 Å². The maximum atomic E-state index is 13.3. The third-order valence-electron chi connectivity index (χ3n) is 5.04. The van der Waals surface area contributed by atoms with Crippen LogP contribution in [0.5, 0.6) is 5.75 Å². The van der Waals surface area contributed by atoms with E-state index in [1.807, 2.05) is 31.2 Å². The Kier molecular flexibility index (Phi) is 9.02. The zero-order valence-electron chi connectivity index (χ0n) is 19.9. The van der Waals surface area contributed by atoms with Crippen LogP contribution in [0.4, 0.5) is 4.79 Å². The second-order valence-corrected chi connectivity index (χ2v) is 9.15. The Morgan fingerprint density at radius 3 is 2.03 bits per heavy atom. The Balaban J connectivity index is 2.21. The Morgan fingerprint density at radius 1 is 0.939 bits per heavy atom. The topological polar surface area (TPSA) is 102 Å². The van der Waals surface area contributed by atoms with E-state index in [4.69, 9.17) is 9.47 Å². The van der Waals surface area contributed by atoms with Gasteiger partial charge in [0.15, 0.2) is 5.78 Å².